The number of hydrogen-bond acceptors (Lipinski definition) is 4. The average Bonchev–Trinajstić information content (AvgIpc) is 2.96. The van der Waals surface area contributed by atoms with E-state index in [1.807, 2.05) is 12.1 Å². The minimum atomic E-state index is -0.152. The fraction of sp³-hybridized carbons (Fsp3) is 0.364. The highest BCUT2D eigenvalue weighted by Gasteiger charge is 2.36. The Morgan fingerprint density at radius 1 is 0.852 bits per heavy atom. The molecule has 1 saturated heterocycles. The van der Waals surface area contributed by atoms with Gasteiger partial charge in [0.15, 0.2) is 0 Å². The Labute approximate surface area is 159 Å². The third-order valence-corrected chi connectivity index (χ3v) is 6.13. The molecule has 138 valence electrons. The summed E-state index contributed by atoms with van der Waals surface area (Å²) in [5.74, 6) is -0.304. The number of carbonyl (C=O) groups excluding carboxylic acids is 2. The number of hydrogen-bond donors (Lipinski definition) is 0. The summed E-state index contributed by atoms with van der Waals surface area (Å²) in [6.07, 6.45) is 2.30. The van der Waals surface area contributed by atoms with Gasteiger partial charge in [0.25, 0.3) is 11.8 Å². The number of rotatable bonds is 3. The van der Waals surface area contributed by atoms with Gasteiger partial charge in [0.05, 0.1) is 11.1 Å². The van der Waals surface area contributed by atoms with Crippen LogP contribution in [0.25, 0.3) is 0 Å². The summed E-state index contributed by atoms with van der Waals surface area (Å²) in [5.41, 5.74) is 3.91. The van der Waals surface area contributed by atoms with Crippen molar-refractivity contribution in [2.75, 3.05) is 37.6 Å². The molecule has 0 radical (unpaired) electrons. The van der Waals surface area contributed by atoms with E-state index < -0.39 is 0 Å². The number of benzene rings is 2. The van der Waals surface area contributed by atoms with E-state index in [9.17, 15) is 9.59 Å². The predicted octanol–water partition coefficient (Wildman–Crippen LogP) is 2.42. The van der Waals surface area contributed by atoms with Gasteiger partial charge in [-0.3, -0.25) is 19.4 Å². The largest absolute Gasteiger partial charge is 0.366 e. The smallest absolute Gasteiger partial charge is 0.261 e. The van der Waals surface area contributed by atoms with Crippen LogP contribution in [0.1, 0.15) is 32.7 Å². The van der Waals surface area contributed by atoms with Crippen molar-refractivity contribution in [3.05, 3.63) is 65.2 Å². The van der Waals surface area contributed by atoms with Crippen LogP contribution < -0.4 is 4.90 Å². The van der Waals surface area contributed by atoms with E-state index >= 15 is 0 Å². The van der Waals surface area contributed by atoms with Crippen LogP contribution >= 0.6 is 0 Å². The molecule has 0 spiro atoms. The van der Waals surface area contributed by atoms with E-state index in [1.165, 1.54) is 22.6 Å². The Bertz CT molecular complexity index is 875. The molecule has 3 aliphatic heterocycles. The summed E-state index contributed by atoms with van der Waals surface area (Å²) in [7, 11) is 0. The lowest BCUT2D eigenvalue weighted by Crippen LogP contribution is -2.56. The van der Waals surface area contributed by atoms with Crippen molar-refractivity contribution >= 4 is 17.5 Å². The van der Waals surface area contributed by atoms with E-state index in [0.717, 1.165) is 32.6 Å². The third kappa shape index (κ3) is 2.73. The van der Waals surface area contributed by atoms with Crippen LogP contribution in [0, 0.1) is 0 Å². The highest BCUT2D eigenvalue weighted by atomic mass is 16.2. The highest BCUT2D eigenvalue weighted by molar-refractivity contribution is 6.21. The zero-order valence-corrected chi connectivity index (χ0v) is 15.3. The van der Waals surface area contributed by atoms with Gasteiger partial charge in [0.2, 0.25) is 0 Å². The molecule has 0 saturated carbocycles. The molecule has 2 aromatic rings. The summed E-state index contributed by atoms with van der Waals surface area (Å²) in [4.78, 5) is 31.4. The number of nitrogens with zero attached hydrogens (tertiary/aromatic N) is 3. The second-order valence-corrected chi connectivity index (χ2v) is 7.62. The van der Waals surface area contributed by atoms with Crippen LogP contribution in [-0.2, 0) is 6.42 Å². The summed E-state index contributed by atoms with van der Waals surface area (Å²) in [6, 6.07) is 16.3. The first kappa shape index (κ1) is 16.5. The lowest BCUT2D eigenvalue weighted by atomic mass is 9.94. The van der Waals surface area contributed by atoms with Crippen LogP contribution in [0.3, 0.4) is 0 Å². The first-order chi connectivity index (χ1) is 13.2. The van der Waals surface area contributed by atoms with Crippen LogP contribution in [0.2, 0.25) is 0 Å². The molecule has 0 bridgehead atoms. The molecule has 0 N–H and O–H groups in total. The minimum absolute atomic E-state index is 0.152. The SMILES string of the molecule is O=C1c2ccccc2C(=O)N1CCN1CCN2c3ccccc3CCC2C1. The topological polar surface area (TPSA) is 43.9 Å². The Morgan fingerprint density at radius 3 is 2.33 bits per heavy atom. The molecule has 5 heteroatoms. The Hall–Kier alpha value is -2.66. The van der Waals surface area contributed by atoms with Crippen molar-refractivity contribution < 1.29 is 9.59 Å². The zero-order valence-electron chi connectivity index (χ0n) is 15.3. The van der Waals surface area contributed by atoms with Crippen LogP contribution in [0.15, 0.2) is 48.5 Å². The molecule has 5 nitrogen and oxygen atoms in total. The normalized spacial score (nSPS) is 21.9. The number of fused-ring (bicyclic) bond motifs is 4. The Morgan fingerprint density at radius 2 is 1.56 bits per heavy atom. The molecule has 3 aliphatic rings. The van der Waals surface area contributed by atoms with Gasteiger partial charge >= 0.3 is 0 Å². The second kappa shape index (κ2) is 6.50. The fourth-order valence-corrected chi connectivity index (χ4v) is 4.70. The molecule has 1 atom stereocenters. The number of para-hydroxylation sites is 1. The maximum Gasteiger partial charge on any atom is 0.261 e. The molecule has 3 heterocycles. The number of anilines is 1. The molecule has 2 amide bonds. The fourth-order valence-electron chi connectivity index (χ4n) is 4.70. The molecule has 2 aromatic carbocycles. The highest BCUT2D eigenvalue weighted by Crippen LogP contribution is 2.32. The van der Waals surface area contributed by atoms with E-state index in [4.69, 9.17) is 0 Å². The van der Waals surface area contributed by atoms with Crippen molar-refractivity contribution in [3.63, 3.8) is 0 Å². The van der Waals surface area contributed by atoms with Gasteiger partial charge in [-0.15, -0.1) is 0 Å². The van der Waals surface area contributed by atoms with E-state index in [0.29, 0.717) is 23.7 Å². The minimum Gasteiger partial charge on any atom is -0.366 e. The molecule has 0 aromatic heterocycles. The van der Waals surface area contributed by atoms with Gasteiger partial charge in [-0.05, 0) is 36.6 Å². The van der Waals surface area contributed by atoms with Gasteiger partial charge < -0.3 is 4.90 Å². The number of aryl methyl sites for hydroxylation is 1. The number of amides is 2. The van der Waals surface area contributed by atoms with Crippen LogP contribution in [-0.4, -0.2) is 60.4 Å². The summed E-state index contributed by atoms with van der Waals surface area (Å²) >= 11 is 0. The first-order valence-corrected chi connectivity index (χ1v) is 9.74. The molecular formula is C22H23N3O2. The number of imide groups is 1. The Kier molecular flexibility index (Phi) is 3.97. The summed E-state index contributed by atoms with van der Waals surface area (Å²) in [6.45, 7) is 4.18. The third-order valence-electron chi connectivity index (χ3n) is 6.13. The van der Waals surface area contributed by atoms with Crippen LogP contribution in [0.4, 0.5) is 5.69 Å². The molecule has 5 rings (SSSR count). The van der Waals surface area contributed by atoms with Crippen molar-refractivity contribution in [2.45, 2.75) is 18.9 Å². The molecule has 0 aliphatic carbocycles. The number of carbonyl (C=O) groups is 2. The predicted molar refractivity (Wildman–Crippen MR) is 104 cm³/mol. The van der Waals surface area contributed by atoms with Crippen molar-refractivity contribution in [1.82, 2.24) is 9.80 Å². The maximum absolute atomic E-state index is 12.5. The van der Waals surface area contributed by atoms with Crippen molar-refractivity contribution in [3.8, 4) is 0 Å². The van der Waals surface area contributed by atoms with Gasteiger partial charge in [-0.25, -0.2) is 0 Å². The number of piperazine rings is 1. The maximum atomic E-state index is 12.5. The van der Waals surface area contributed by atoms with Gasteiger partial charge in [0, 0.05) is 44.5 Å². The van der Waals surface area contributed by atoms with Crippen molar-refractivity contribution in [2.24, 2.45) is 0 Å². The van der Waals surface area contributed by atoms with Gasteiger partial charge in [-0.2, -0.15) is 0 Å². The van der Waals surface area contributed by atoms with Crippen LogP contribution in [0.5, 0.6) is 0 Å². The van der Waals surface area contributed by atoms with E-state index in [1.54, 1.807) is 12.1 Å². The van der Waals surface area contributed by atoms with E-state index in [-0.39, 0.29) is 11.8 Å². The second-order valence-electron chi connectivity index (χ2n) is 7.62. The Balaban J connectivity index is 1.23. The first-order valence-electron chi connectivity index (χ1n) is 9.74. The summed E-state index contributed by atoms with van der Waals surface area (Å²) in [5, 5.41) is 0. The molecule has 1 fully saturated rings. The van der Waals surface area contributed by atoms with E-state index in [2.05, 4.69) is 34.1 Å². The summed E-state index contributed by atoms with van der Waals surface area (Å²) < 4.78 is 0. The zero-order chi connectivity index (χ0) is 18.4. The molecule has 1 unspecified atom stereocenters. The molecule has 27 heavy (non-hydrogen) atoms. The van der Waals surface area contributed by atoms with Gasteiger partial charge in [0.1, 0.15) is 0 Å². The molecular weight excluding hydrogens is 338 g/mol. The quantitative estimate of drug-likeness (QED) is 0.788. The lowest BCUT2D eigenvalue weighted by molar-refractivity contribution is 0.0631. The average molecular weight is 361 g/mol. The van der Waals surface area contributed by atoms with Gasteiger partial charge in [-0.1, -0.05) is 30.3 Å². The van der Waals surface area contributed by atoms with Crippen molar-refractivity contribution in [1.29, 1.82) is 0 Å². The standard InChI is InChI=1S/C22H23N3O2/c26-21-18-6-2-3-7-19(18)22(27)25(21)14-12-23-11-13-24-17(15-23)10-9-16-5-1-4-8-20(16)24/h1-8,17H,9-15H2. The monoisotopic (exact) mass is 361 g/mol. The lowest BCUT2D eigenvalue weighted by Gasteiger charge is -2.46.